The van der Waals surface area contributed by atoms with E-state index in [1.165, 1.54) is 25.3 Å². The number of hydrogen-bond acceptors (Lipinski definition) is 2. The van der Waals surface area contributed by atoms with E-state index in [0.29, 0.717) is 6.04 Å². The lowest BCUT2D eigenvalue weighted by atomic mass is 10.0. The van der Waals surface area contributed by atoms with E-state index in [0.717, 1.165) is 25.3 Å². The molecule has 0 spiro atoms. The molecule has 1 N–H and O–H groups in total. The third-order valence-corrected chi connectivity index (χ3v) is 3.41. The lowest BCUT2D eigenvalue weighted by Crippen LogP contribution is -2.43. The van der Waals surface area contributed by atoms with Gasteiger partial charge in [-0.25, -0.2) is 4.39 Å². The summed E-state index contributed by atoms with van der Waals surface area (Å²) in [5.41, 5.74) is 0.986. The van der Waals surface area contributed by atoms with Crippen LogP contribution < -0.4 is 10.2 Å². The largest absolute Gasteiger partial charge is 0.370 e. The highest BCUT2D eigenvalue weighted by molar-refractivity contribution is 5.46. The second-order valence-corrected chi connectivity index (χ2v) is 4.67. The minimum atomic E-state index is -0.155. The molecule has 1 aliphatic rings. The minimum absolute atomic E-state index is 0.155. The van der Waals surface area contributed by atoms with E-state index in [1.807, 2.05) is 6.07 Å². The van der Waals surface area contributed by atoms with Crippen LogP contribution in [0.25, 0.3) is 0 Å². The molecule has 1 aromatic rings. The molecule has 0 radical (unpaired) electrons. The summed E-state index contributed by atoms with van der Waals surface area (Å²) in [4.78, 5) is 2.24. The molecule has 2 rings (SSSR count). The van der Waals surface area contributed by atoms with Gasteiger partial charge in [0.05, 0.1) is 0 Å². The van der Waals surface area contributed by atoms with Crippen LogP contribution in [0.5, 0.6) is 0 Å². The van der Waals surface area contributed by atoms with Gasteiger partial charge in [0, 0.05) is 24.8 Å². The fourth-order valence-corrected chi connectivity index (χ4v) is 2.44. The van der Waals surface area contributed by atoms with Crippen LogP contribution in [0.3, 0.4) is 0 Å². The lowest BCUT2D eigenvalue weighted by Gasteiger charge is -2.31. The van der Waals surface area contributed by atoms with E-state index in [-0.39, 0.29) is 5.82 Å². The van der Waals surface area contributed by atoms with Crippen LogP contribution in [0.1, 0.15) is 26.2 Å². The molecular formula is C14H21FN2. The molecular weight excluding hydrogens is 215 g/mol. The Balaban J connectivity index is 2.00. The van der Waals surface area contributed by atoms with Gasteiger partial charge >= 0.3 is 0 Å². The van der Waals surface area contributed by atoms with Gasteiger partial charge in [0.25, 0.3) is 0 Å². The van der Waals surface area contributed by atoms with Crippen molar-refractivity contribution < 1.29 is 4.39 Å². The highest BCUT2D eigenvalue weighted by atomic mass is 19.1. The maximum Gasteiger partial charge on any atom is 0.125 e. The summed E-state index contributed by atoms with van der Waals surface area (Å²) < 4.78 is 13.2. The number of hydrogen-bond donors (Lipinski definition) is 1. The van der Waals surface area contributed by atoms with Gasteiger partial charge in [-0.3, -0.25) is 0 Å². The van der Waals surface area contributed by atoms with Gasteiger partial charge in [-0.15, -0.1) is 0 Å². The predicted molar refractivity (Wildman–Crippen MR) is 69.9 cm³/mol. The molecule has 0 saturated carbocycles. The van der Waals surface area contributed by atoms with Gasteiger partial charge in [-0.05, 0) is 44.5 Å². The third-order valence-electron chi connectivity index (χ3n) is 3.41. The molecule has 1 atom stereocenters. The summed E-state index contributed by atoms with van der Waals surface area (Å²) in [6.07, 6.45) is 3.81. The van der Waals surface area contributed by atoms with Crippen molar-refractivity contribution in [2.75, 3.05) is 24.5 Å². The number of anilines is 1. The number of nitrogens with one attached hydrogen (secondary N) is 1. The van der Waals surface area contributed by atoms with Gasteiger partial charge in [-0.1, -0.05) is 12.5 Å². The summed E-state index contributed by atoms with van der Waals surface area (Å²) in [6, 6.07) is 7.42. The van der Waals surface area contributed by atoms with Crippen molar-refractivity contribution in [1.82, 2.24) is 5.32 Å². The molecule has 94 valence electrons. The summed E-state index contributed by atoms with van der Waals surface area (Å²) >= 11 is 0. The SMILES string of the molecule is CCN(CC1CCCCN1)c1cccc(F)c1. The highest BCUT2D eigenvalue weighted by Gasteiger charge is 2.16. The van der Waals surface area contributed by atoms with Crippen LogP contribution in [-0.2, 0) is 0 Å². The first-order valence-corrected chi connectivity index (χ1v) is 6.53. The first kappa shape index (κ1) is 12.4. The normalized spacial score (nSPS) is 20.2. The molecule has 17 heavy (non-hydrogen) atoms. The summed E-state index contributed by atoms with van der Waals surface area (Å²) in [5.74, 6) is -0.155. The first-order valence-electron chi connectivity index (χ1n) is 6.53. The molecule has 1 unspecified atom stereocenters. The quantitative estimate of drug-likeness (QED) is 0.864. The Bertz CT molecular complexity index is 348. The molecule has 1 heterocycles. The molecule has 0 amide bonds. The molecule has 1 aliphatic heterocycles. The van der Waals surface area contributed by atoms with Crippen molar-refractivity contribution in [3.8, 4) is 0 Å². The third kappa shape index (κ3) is 3.43. The summed E-state index contributed by atoms with van der Waals surface area (Å²) in [6.45, 7) is 5.13. The Morgan fingerprint density at radius 2 is 2.29 bits per heavy atom. The topological polar surface area (TPSA) is 15.3 Å². The zero-order valence-electron chi connectivity index (χ0n) is 10.5. The van der Waals surface area contributed by atoms with Gasteiger partial charge < -0.3 is 10.2 Å². The Morgan fingerprint density at radius 3 is 2.94 bits per heavy atom. The van der Waals surface area contributed by atoms with E-state index in [9.17, 15) is 4.39 Å². The zero-order valence-corrected chi connectivity index (χ0v) is 10.5. The molecule has 1 fully saturated rings. The van der Waals surface area contributed by atoms with Crippen LogP contribution in [0, 0.1) is 5.82 Å². The van der Waals surface area contributed by atoms with Gasteiger partial charge in [0.15, 0.2) is 0 Å². The number of rotatable bonds is 4. The monoisotopic (exact) mass is 236 g/mol. The second-order valence-electron chi connectivity index (χ2n) is 4.67. The Labute approximate surface area is 103 Å². The van der Waals surface area contributed by atoms with Crippen molar-refractivity contribution in [3.05, 3.63) is 30.1 Å². The molecule has 0 bridgehead atoms. The van der Waals surface area contributed by atoms with E-state index < -0.39 is 0 Å². The molecule has 3 heteroatoms. The van der Waals surface area contributed by atoms with E-state index in [2.05, 4.69) is 17.1 Å². The standard InChI is InChI=1S/C14H21FN2/c1-2-17(11-13-7-3-4-9-16-13)14-8-5-6-12(15)10-14/h5-6,8,10,13,16H,2-4,7,9,11H2,1H3. The van der Waals surface area contributed by atoms with E-state index in [1.54, 1.807) is 12.1 Å². The molecule has 0 aromatic heterocycles. The Morgan fingerprint density at radius 1 is 1.41 bits per heavy atom. The number of likely N-dealkylation sites (N-methyl/N-ethyl adjacent to an activating group) is 1. The van der Waals surface area contributed by atoms with Gasteiger partial charge in [-0.2, -0.15) is 0 Å². The van der Waals surface area contributed by atoms with Gasteiger partial charge in [0.2, 0.25) is 0 Å². The van der Waals surface area contributed by atoms with Crippen LogP contribution >= 0.6 is 0 Å². The summed E-state index contributed by atoms with van der Waals surface area (Å²) in [5, 5.41) is 3.53. The van der Waals surface area contributed by atoms with Crippen LogP contribution in [0.4, 0.5) is 10.1 Å². The average molecular weight is 236 g/mol. The lowest BCUT2D eigenvalue weighted by molar-refractivity contribution is 0.400. The highest BCUT2D eigenvalue weighted by Crippen LogP contribution is 2.17. The number of benzene rings is 1. The number of nitrogens with zero attached hydrogens (tertiary/aromatic N) is 1. The molecule has 1 aromatic carbocycles. The van der Waals surface area contributed by atoms with E-state index in [4.69, 9.17) is 0 Å². The summed E-state index contributed by atoms with van der Waals surface area (Å²) in [7, 11) is 0. The van der Waals surface area contributed by atoms with Crippen molar-refractivity contribution in [2.24, 2.45) is 0 Å². The zero-order chi connectivity index (χ0) is 12.1. The Hall–Kier alpha value is -1.09. The molecule has 1 saturated heterocycles. The average Bonchev–Trinajstić information content (AvgIpc) is 2.37. The van der Waals surface area contributed by atoms with Gasteiger partial charge in [0.1, 0.15) is 5.82 Å². The predicted octanol–water partition coefficient (Wildman–Crippen LogP) is 2.79. The smallest absolute Gasteiger partial charge is 0.125 e. The van der Waals surface area contributed by atoms with Crippen LogP contribution in [0.2, 0.25) is 0 Å². The minimum Gasteiger partial charge on any atom is -0.370 e. The van der Waals surface area contributed by atoms with Crippen LogP contribution in [-0.4, -0.2) is 25.7 Å². The van der Waals surface area contributed by atoms with Crippen molar-refractivity contribution in [2.45, 2.75) is 32.2 Å². The van der Waals surface area contributed by atoms with Crippen molar-refractivity contribution in [1.29, 1.82) is 0 Å². The van der Waals surface area contributed by atoms with E-state index >= 15 is 0 Å². The molecule has 2 nitrogen and oxygen atoms in total. The maximum atomic E-state index is 13.2. The molecule has 0 aliphatic carbocycles. The number of halogens is 1. The second kappa shape index (κ2) is 6.01. The Kier molecular flexibility index (Phi) is 4.37. The van der Waals surface area contributed by atoms with Crippen molar-refractivity contribution >= 4 is 5.69 Å². The fraction of sp³-hybridized carbons (Fsp3) is 0.571. The maximum absolute atomic E-state index is 13.2. The first-order chi connectivity index (χ1) is 8.29. The number of piperidine rings is 1. The van der Waals surface area contributed by atoms with Crippen molar-refractivity contribution in [3.63, 3.8) is 0 Å². The van der Waals surface area contributed by atoms with Crippen LogP contribution in [0.15, 0.2) is 24.3 Å². The fourth-order valence-electron chi connectivity index (χ4n) is 2.44.